The Morgan fingerprint density at radius 1 is 1.50 bits per heavy atom. The first-order valence-corrected chi connectivity index (χ1v) is 6.30. The molecule has 86 valence electrons. The van der Waals surface area contributed by atoms with Gasteiger partial charge in [-0.15, -0.1) is 0 Å². The Hall–Kier alpha value is -1.43. The Morgan fingerprint density at radius 3 is 2.81 bits per heavy atom. The molecule has 0 bridgehead atoms. The lowest BCUT2D eigenvalue weighted by Crippen LogP contribution is -2.09. The van der Waals surface area contributed by atoms with E-state index in [9.17, 15) is 17.6 Å². The fraction of sp³-hybridized carbons (Fsp3) is 0.300. The minimum absolute atomic E-state index is 0.0184. The predicted molar refractivity (Wildman–Crippen MR) is 53.4 cm³/mol. The molecule has 0 saturated carbocycles. The van der Waals surface area contributed by atoms with Gasteiger partial charge in [0, 0.05) is 11.5 Å². The van der Waals surface area contributed by atoms with Crippen LogP contribution in [0.4, 0.5) is 4.39 Å². The number of carboxylic acids is 1. The number of carboxylic acid groups (broad SMARTS) is 1. The van der Waals surface area contributed by atoms with Crippen LogP contribution >= 0.6 is 0 Å². The number of sulfone groups is 1. The number of hydrogen-bond acceptors (Lipinski definition) is 3. The summed E-state index contributed by atoms with van der Waals surface area (Å²) in [5, 5.41) is 8.64. The second kappa shape index (κ2) is 3.55. The fourth-order valence-electron chi connectivity index (χ4n) is 1.99. The molecule has 1 N–H and O–H groups in total. The van der Waals surface area contributed by atoms with E-state index < -0.39 is 27.5 Å². The third kappa shape index (κ3) is 1.69. The summed E-state index contributed by atoms with van der Waals surface area (Å²) in [5.41, 5.74) is 0.0184. The molecule has 6 heteroatoms. The van der Waals surface area contributed by atoms with Crippen molar-refractivity contribution in [3.05, 3.63) is 29.6 Å². The van der Waals surface area contributed by atoms with Crippen molar-refractivity contribution < 1.29 is 22.7 Å². The van der Waals surface area contributed by atoms with Crippen molar-refractivity contribution in [3.63, 3.8) is 0 Å². The van der Waals surface area contributed by atoms with Crippen LogP contribution in [0.5, 0.6) is 0 Å². The van der Waals surface area contributed by atoms with Gasteiger partial charge in [0.15, 0.2) is 9.84 Å². The summed E-state index contributed by atoms with van der Waals surface area (Å²) < 4.78 is 36.8. The Morgan fingerprint density at radius 2 is 2.19 bits per heavy atom. The number of carbonyl (C=O) groups is 1. The fourth-order valence-corrected chi connectivity index (χ4v) is 3.87. The van der Waals surface area contributed by atoms with E-state index in [-0.39, 0.29) is 22.6 Å². The molecule has 0 amide bonds. The van der Waals surface area contributed by atoms with Gasteiger partial charge in [0.05, 0.1) is 17.1 Å². The third-order valence-corrected chi connectivity index (χ3v) is 4.47. The van der Waals surface area contributed by atoms with Crippen LogP contribution in [-0.2, 0) is 14.6 Å². The van der Waals surface area contributed by atoms with Gasteiger partial charge in [-0.1, -0.05) is 6.07 Å². The molecule has 0 spiro atoms. The van der Waals surface area contributed by atoms with Gasteiger partial charge in [0.1, 0.15) is 5.82 Å². The van der Waals surface area contributed by atoms with Gasteiger partial charge in [0.2, 0.25) is 0 Å². The van der Waals surface area contributed by atoms with E-state index in [0.717, 1.165) is 6.07 Å². The molecule has 2 rings (SSSR count). The topological polar surface area (TPSA) is 71.4 Å². The average Bonchev–Trinajstić information content (AvgIpc) is 2.38. The zero-order valence-electron chi connectivity index (χ0n) is 8.18. The van der Waals surface area contributed by atoms with Gasteiger partial charge in [-0.25, -0.2) is 12.8 Å². The summed E-state index contributed by atoms with van der Waals surface area (Å²) >= 11 is 0. The first kappa shape index (κ1) is 11.1. The molecule has 0 radical (unpaired) electrons. The lowest BCUT2D eigenvalue weighted by atomic mass is 9.97. The van der Waals surface area contributed by atoms with Gasteiger partial charge in [-0.2, -0.15) is 0 Å². The predicted octanol–water partition coefficient (Wildman–Crippen LogP) is 1.17. The summed E-state index contributed by atoms with van der Waals surface area (Å²) in [6, 6.07) is 3.78. The monoisotopic (exact) mass is 244 g/mol. The number of halogens is 1. The zero-order valence-corrected chi connectivity index (χ0v) is 9.00. The standard InChI is InChI=1S/C10H9FO4S/c11-7-2-1-3-8-10(7)6(4-9(12)13)5-16(8,14)15/h1-3,6H,4-5H2,(H,12,13). The van der Waals surface area contributed by atoms with Crippen LogP contribution in [0.1, 0.15) is 17.9 Å². The van der Waals surface area contributed by atoms with E-state index in [1.807, 2.05) is 0 Å². The van der Waals surface area contributed by atoms with Crippen molar-refractivity contribution in [3.8, 4) is 0 Å². The first-order valence-electron chi connectivity index (χ1n) is 4.65. The van der Waals surface area contributed by atoms with E-state index in [2.05, 4.69) is 0 Å². The normalized spacial score (nSPS) is 21.7. The molecule has 0 aromatic heterocycles. The minimum atomic E-state index is -3.53. The largest absolute Gasteiger partial charge is 0.481 e. The molecule has 1 aliphatic rings. The summed E-state index contributed by atoms with van der Waals surface area (Å²) in [5.74, 6) is -2.88. The van der Waals surface area contributed by atoms with Crippen molar-refractivity contribution in [2.24, 2.45) is 0 Å². The molecular formula is C10H9FO4S. The molecule has 4 nitrogen and oxygen atoms in total. The molecular weight excluding hydrogens is 235 g/mol. The molecule has 0 fully saturated rings. The van der Waals surface area contributed by atoms with Crippen LogP contribution in [-0.4, -0.2) is 25.2 Å². The third-order valence-electron chi connectivity index (χ3n) is 2.60. The number of hydrogen-bond donors (Lipinski definition) is 1. The maximum atomic E-state index is 13.5. The highest BCUT2D eigenvalue weighted by Gasteiger charge is 2.37. The molecule has 0 saturated heterocycles. The molecule has 1 aromatic carbocycles. The van der Waals surface area contributed by atoms with Crippen LogP contribution in [0.3, 0.4) is 0 Å². The smallest absolute Gasteiger partial charge is 0.303 e. The van der Waals surface area contributed by atoms with Gasteiger partial charge in [0.25, 0.3) is 0 Å². The zero-order chi connectivity index (χ0) is 11.9. The Balaban J connectivity index is 2.56. The van der Waals surface area contributed by atoms with Crippen molar-refractivity contribution >= 4 is 15.8 Å². The Bertz CT molecular complexity index is 550. The van der Waals surface area contributed by atoms with Gasteiger partial charge < -0.3 is 5.11 Å². The van der Waals surface area contributed by atoms with Crippen LogP contribution in [0.25, 0.3) is 0 Å². The molecule has 1 atom stereocenters. The maximum absolute atomic E-state index is 13.5. The SMILES string of the molecule is O=C(O)CC1CS(=O)(=O)c2cccc(F)c21. The highest BCUT2D eigenvalue weighted by molar-refractivity contribution is 7.91. The van der Waals surface area contributed by atoms with Crippen molar-refractivity contribution in [2.45, 2.75) is 17.2 Å². The molecule has 16 heavy (non-hydrogen) atoms. The van der Waals surface area contributed by atoms with Crippen LogP contribution < -0.4 is 0 Å². The summed E-state index contributed by atoms with van der Waals surface area (Å²) in [6.45, 7) is 0. The number of rotatable bonds is 2. The molecule has 0 aliphatic carbocycles. The van der Waals surface area contributed by atoms with Crippen LogP contribution in [0.2, 0.25) is 0 Å². The molecule has 1 aliphatic heterocycles. The van der Waals surface area contributed by atoms with Gasteiger partial charge in [-0.3, -0.25) is 4.79 Å². The van der Waals surface area contributed by atoms with E-state index in [0.29, 0.717) is 0 Å². The first-order chi connectivity index (χ1) is 7.42. The van der Waals surface area contributed by atoms with Crippen molar-refractivity contribution in [2.75, 3.05) is 5.75 Å². The van der Waals surface area contributed by atoms with Crippen LogP contribution in [0, 0.1) is 5.82 Å². The number of aliphatic carboxylic acids is 1. The molecule has 1 aromatic rings. The van der Waals surface area contributed by atoms with Crippen molar-refractivity contribution in [1.82, 2.24) is 0 Å². The molecule has 1 heterocycles. The average molecular weight is 244 g/mol. The highest BCUT2D eigenvalue weighted by atomic mass is 32.2. The van der Waals surface area contributed by atoms with Gasteiger partial charge >= 0.3 is 5.97 Å². The van der Waals surface area contributed by atoms with Crippen molar-refractivity contribution in [1.29, 1.82) is 0 Å². The summed E-state index contributed by atoms with van der Waals surface area (Å²) in [4.78, 5) is 10.5. The number of fused-ring (bicyclic) bond motifs is 1. The summed E-state index contributed by atoms with van der Waals surface area (Å²) in [7, 11) is -3.53. The van der Waals surface area contributed by atoms with E-state index in [1.165, 1.54) is 12.1 Å². The lowest BCUT2D eigenvalue weighted by molar-refractivity contribution is -0.137. The highest BCUT2D eigenvalue weighted by Crippen LogP contribution is 2.38. The quantitative estimate of drug-likeness (QED) is 0.847. The van der Waals surface area contributed by atoms with E-state index in [1.54, 1.807) is 0 Å². The Kier molecular flexibility index (Phi) is 2.46. The second-order valence-electron chi connectivity index (χ2n) is 3.73. The second-order valence-corrected chi connectivity index (χ2v) is 5.73. The minimum Gasteiger partial charge on any atom is -0.481 e. The Labute approximate surface area is 91.6 Å². The van der Waals surface area contributed by atoms with E-state index in [4.69, 9.17) is 5.11 Å². The van der Waals surface area contributed by atoms with Crippen LogP contribution in [0.15, 0.2) is 23.1 Å². The summed E-state index contributed by atoms with van der Waals surface area (Å²) in [6.07, 6.45) is -0.368. The maximum Gasteiger partial charge on any atom is 0.303 e. The lowest BCUT2D eigenvalue weighted by Gasteiger charge is -2.06. The van der Waals surface area contributed by atoms with Gasteiger partial charge in [-0.05, 0) is 12.1 Å². The molecule has 1 unspecified atom stereocenters. The van der Waals surface area contributed by atoms with E-state index >= 15 is 0 Å². The number of benzene rings is 1.